The van der Waals surface area contributed by atoms with Gasteiger partial charge in [0, 0.05) is 19.2 Å². The van der Waals surface area contributed by atoms with Crippen LogP contribution in [-0.4, -0.2) is 25.6 Å². The minimum atomic E-state index is -0.663. The Morgan fingerprint density at radius 2 is 2.25 bits per heavy atom. The number of nitro groups is 1. The van der Waals surface area contributed by atoms with Gasteiger partial charge in [0.25, 0.3) is 11.6 Å². The van der Waals surface area contributed by atoms with E-state index in [1.165, 1.54) is 11.0 Å². The van der Waals surface area contributed by atoms with Crippen molar-refractivity contribution in [2.75, 3.05) is 11.1 Å². The maximum absolute atomic E-state index is 12.1. The number of non-ortho nitro benzene ring substituents is 1. The summed E-state index contributed by atoms with van der Waals surface area (Å²) in [6, 6.07) is 2.13. The van der Waals surface area contributed by atoms with Crippen LogP contribution in [0.3, 0.4) is 0 Å². The fourth-order valence-corrected chi connectivity index (χ4v) is 1.69. The number of hydrogen-bond donors (Lipinski definition) is 2. The summed E-state index contributed by atoms with van der Waals surface area (Å²) < 4.78 is 1.33. The van der Waals surface area contributed by atoms with E-state index in [0.717, 1.165) is 12.1 Å². The molecule has 20 heavy (non-hydrogen) atoms. The summed E-state index contributed by atoms with van der Waals surface area (Å²) in [5, 5.41) is 16.9. The van der Waals surface area contributed by atoms with Gasteiger partial charge in [-0.15, -0.1) is 0 Å². The fraction of sp³-hybridized carbons (Fsp3) is 0.100. The second-order valence-corrected chi connectivity index (χ2v) is 4.21. The van der Waals surface area contributed by atoms with Crippen molar-refractivity contribution in [3.8, 4) is 0 Å². The van der Waals surface area contributed by atoms with Gasteiger partial charge in [-0.25, -0.2) is 4.68 Å². The smallest absolute Gasteiger partial charge is 0.271 e. The zero-order valence-electron chi connectivity index (χ0n) is 10.2. The highest BCUT2D eigenvalue weighted by molar-refractivity contribution is 6.34. The van der Waals surface area contributed by atoms with E-state index in [-0.39, 0.29) is 27.9 Å². The van der Waals surface area contributed by atoms with Crippen LogP contribution in [0.25, 0.3) is 0 Å². The number of nitrogens with one attached hydrogen (secondary N) is 1. The van der Waals surface area contributed by atoms with Gasteiger partial charge in [0.05, 0.1) is 21.2 Å². The number of aryl methyl sites for hydroxylation is 1. The number of amides is 1. The molecule has 0 aliphatic heterocycles. The number of benzene rings is 1. The van der Waals surface area contributed by atoms with Gasteiger partial charge in [0.2, 0.25) is 5.95 Å². The molecule has 0 unspecified atom stereocenters. The number of nitrogens with two attached hydrogens (primary N) is 1. The quantitative estimate of drug-likeness (QED) is 0.497. The maximum Gasteiger partial charge on any atom is 0.271 e. The molecule has 9 nitrogen and oxygen atoms in total. The Hall–Kier alpha value is -2.68. The number of anilines is 2. The third kappa shape index (κ3) is 2.52. The van der Waals surface area contributed by atoms with Gasteiger partial charge in [0.1, 0.15) is 6.33 Å². The fourth-order valence-electron chi connectivity index (χ4n) is 1.48. The van der Waals surface area contributed by atoms with Crippen LogP contribution < -0.4 is 11.1 Å². The maximum atomic E-state index is 12.1. The van der Waals surface area contributed by atoms with E-state index < -0.39 is 10.8 Å². The Kier molecular flexibility index (Phi) is 3.53. The Labute approximate surface area is 117 Å². The van der Waals surface area contributed by atoms with Crippen molar-refractivity contribution in [1.82, 2.24) is 14.8 Å². The number of hydrogen-bond acceptors (Lipinski definition) is 6. The average molecular weight is 297 g/mol. The Morgan fingerprint density at radius 1 is 1.55 bits per heavy atom. The van der Waals surface area contributed by atoms with E-state index in [4.69, 9.17) is 17.3 Å². The van der Waals surface area contributed by atoms with Crippen LogP contribution in [-0.2, 0) is 7.05 Å². The lowest BCUT2D eigenvalue weighted by atomic mass is 10.1. The molecule has 0 bridgehead atoms. The first-order valence-corrected chi connectivity index (χ1v) is 5.66. The van der Waals surface area contributed by atoms with E-state index in [2.05, 4.69) is 15.4 Å². The van der Waals surface area contributed by atoms with Gasteiger partial charge in [0.15, 0.2) is 0 Å². The number of halogens is 1. The molecule has 0 spiro atoms. The highest BCUT2D eigenvalue weighted by Gasteiger charge is 2.19. The van der Waals surface area contributed by atoms with Crippen LogP contribution in [0.4, 0.5) is 17.3 Å². The first-order chi connectivity index (χ1) is 9.40. The lowest BCUT2D eigenvalue weighted by Crippen LogP contribution is -2.17. The highest BCUT2D eigenvalue weighted by atomic mass is 35.5. The molecule has 104 valence electrons. The van der Waals surface area contributed by atoms with Crippen LogP contribution >= 0.6 is 11.6 Å². The molecule has 0 aliphatic carbocycles. The van der Waals surface area contributed by atoms with Gasteiger partial charge in [-0.1, -0.05) is 11.6 Å². The number of nitrogen functional groups attached to an aromatic ring is 1. The van der Waals surface area contributed by atoms with E-state index in [9.17, 15) is 14.9 Å². The molecule has 2 rings (SSSR count). The molecule has 0 aliphatic rings. The number of aromatic nitrogens is 3. The molecule has 10 heteroatoms. The molecule has 1 aromatic carbocycles. The van der Waals surface area contributed by atoms with E-state index in [0.29, 0.717) is 0 Å². The van der Waals surface area contributed by atoms with Crippen molar-refractivity contribution >= 4 is 34.8 Å². The second-order valence-electron chi connectivity index (χ2n) is 3.81. The van der Waals surface area contributed by atoms with Crippen LogP contribution in [0, 0.1) is 10.1 Å². The third-order valence-corrected chi connectivity index (χ3v) is 2.82. The minimum Gasteiger partial charge on any atom is -0.397 e. The molecule has 0 radical (unpaired) electrons. The van der Waals surface area contributed by atoms with Crippen molar-refractivity contribution in [2.45, 2.75) is 0 Å². The summed E-state index contributed by atoms with van der Waals surface area (Å²) in [6.45, 7) is 0. The monoisotopic (exact) mass is 296 g/mol. The third-order valence-electron chi connectivity index (χ3n) is 2.51. The van der Waals surface area contributed by atoms with Crippen molar-refractivity contribution < 1.29 is 9.72 Å². The zero-order chi connectivity index (χ0) is 14.9. The van der Waals surface area contributed by atoms with E-state index in [1.54, 1.807) is 7.05 Å². The summed E-state index contributed by atoms with van der Waals surface area (Å²) in [5.74, 6) is -0.485. The summed E-state index contributed by atoms with van der Waals surface area (Å²) in [5.41, 5.74) is 5.19. The van der Waals surface area contributed by atoms with Crippen LogP contribution in [0.15, 0.2) is 18.5 Å². The Balaban J connectivity index is 2.39. The molecule has 0 saturated heterocycles. The molecular formula is C10H9ClN6O3. The number of carbonyl (C=O) groups excluding carboxylic acids is 1. The summed E-state index contributed by atoms with van der Waals surface area (Å²) in [6.07, 6.45) is 1.25. The van der Waals surface area contributed by atoms with Crippen molar-refractivity contribution in [3.05, 3.63) is 39.2 Å². The average Bonchev–Trinajstić information content (AvgIpc) is 2.77. The highest BCUT2D eigenvalue weighted by Crippen LogP contribution is 2.29. The first kappa shape index (κ1) is 13.7. The normalized spacial score (nSPS) is 10.3. The summed E-state index contributed by atoms with van der Waals surface area (Å²) >= 11 is 5.78. The SMILES string of the molecule is Cn1ncnc1NC(=O)c1cc([N+](=O)[O-])cc(Cl)c1N. The molecule has 1 heterocycles. The van der Waals surface area contributed by atoms with Gasteiger partial charge < -0.3 is 5.73 Å². The number of nitrogens with zero attached hydrogens (tertiary/aromatic N) is 4. The minimum absolute atomic E-state index is 0.0445. The van der Waals surface area contributed by atoms with Crippen LogP contribution in [0.1, 0.15) is 10.4 Å². The van der Waals surface area contributed by atoms with Crippen LogP contribution in [0.2, 0.25) is 5.02 Å². The molecule has 1 aromatic heterocycles. The molecule has 3 N–H and O–H groups in total. The topological polar surface area (TPSA) is 129 Å². The molecular weight excluding hydrogens is 288 g/mol. The van der Waals surface area contributed by atoms with Crippen molar-refractivity contribution in [1.29, 1.82) is 0 Å². The number of carbonyl (C=O) groups is 1. The first-order valence-electron chi connectivity index (χ1n) is 5.29. The van der Waals surface area contributed by atoms with Gasteiger partial charge in [-0.05, 0) is 0 Å². The molecule has 0 atom stereocenters. The summed E-state index contributed by atoms with van der Waals surface area (Å²) in [7, 11) is 1.58. The van der Waals surface area contributed by atoms with Gasteiger partial charge in [-0.2, -0.15) is 10.1 Å². The van der Waals surface area contributed by atoms with Crippen LogP contribution in [0.5, 0.6) is 0 Å². The Bertz CT molecular complexity index is 698. The summed E-state index contributed by atoms with van der Waals surface area (Å²) in [4.78, 5) is 26.0. The standard InChI is InChI=1S/C10H9ClN6O3/c1-16-10(13-4-14-16)15-9(18)6-2-5(17(19)20)3-7(11)8(6)12/h2-4H,12H2,1H3,(H,13,14,15,18). The molecule has 0 fully saturated rings. The predicted molar refractivity (Wildman–Crippen MR) is 71.5 cm³/mol. The second kappa shape index (κ2) is 5.13. The van der Waals surface area contributed by atoms with E-state index >= 15 is 0 Å². The number of nitro benzene ring substituents is 1. The van der Waals surface area contributed by atoms with Crippen molar-refractivity contribution in [2.24, 2.45) is 7.05 Å². The zero-order valence-corrected chi connectivity index (χ0v) is 11.0. The predicted octanol–water partition coefficient (Wildman–Crippen LogP) is 1.21. The van der Waals surface area contributed by atoms with Gasteiger partial charge in [-0.3, -0.25) is 20.2 Å². The molecule has 2 aromatic rings. The molecule has 0 saturated carbocycles. The van der Waals surface area contributed by atoms with Crippen molar-refractivity contribution in [3.63, 3.8) is 0 Å². The van der Waals surface area contributed by atoms with Gasteiger partial charge >= 0.3 is 0 Å². The van der Waals surface area contributed by atoms with E-state index in [1.807, 2.05) is 0 Å². The lowest BCUT2D eigenvalue weighted by molar-refractivity contribution is -0.384. The largest absolute Gasteiger partial charge is 0.397 e. The lowest BCUT2D eigenvalue weighted by Gasteiger charge is -2.08. The molecule has 1 amide bonds. The Morgan fingerprint density at radius 3 is 2.80 bits per heavy atom. The number of rotatable bonds is 3.